The lowest BCUT2D eigenvalue weighted by molar-refractivity contribution is -0.134. The fourth-order valence-electron chi connectivity index (χ4n) is 3.64. The number of para-hydroxylation sites is 1. The Labute approximate surface area is 211 Å². The minimum absolute atomic E-state index is 0.118. The van der Waals surface area contributed by atoms with Gasteiger partial charge in [0.05, 0.1) is 18.0 Å². The van der Waals surface area contributed by atoms with Gasteiger partial charge in [0.25, 0.3) is 5.91 Å². The van der Waals surface area contributed by atoms with Crippen molar-refractivity contribution in [2.24, 2.45) is 10.2 Å². The molecule has 1 amide bonds. The first kappa shape index (κ1) is 22.9. The van der Waals surface area contributed by atoms with Crippen molar-refractivity contribution in [2.75, 3.05) is 16.6 Å². The minimum atomic E-state index is -0.566. The van der Waals surface area contributed by atoms with Gasteiger partial charge in [-0.2, -0.15) is 15.2 Å². The summed E-state index contributed by atoms with van der Waals surface area (Å²) in [5, 5.41) is 13.2. The largest absolute Gasteiger partial charge is 0.461 e. The third kappa shape index (κ3) is 4.45. The molecule has 0 fully saturated rings. The van der Waals surface area contributed by atoms with E-state index in [4.69, 9.17) is 21.4 Å². The number of rotatable bonds is 5. The van der Waals surface area contributed by atoms with E-state index < -0.39 is 5.97 Å². The predicted molar refractivity (Wildman–Crippen MR) is 140 cm³/mol. The summed E-state index contributed by atoms with van der Waals surface area (Å²) < 4.78 is 5.18. The topological polar surface area (TPSA) is 74.6 Å². The summed E-state index contributed by atoms with van der Waals surface area (Å²) in [5.41, 5.74) is 2.80. The predicted octanol–water partition coefficient (Wildman–Crippen LogP) is 5.43. The van der Waals surface area contributed by atoms with E-state index in [0.29, 0.717) is 32.7 Å². The maximum absolute atomic E-state index is 13.8. The number of nitrogens with zero attached hydrogens (tertiary/aromatic N) is 4. The zero-order valence-electron chi connectivity index (χ0n) is 18.6. The third-order valence-corrected chi connectivity index (χ3v) is 6.43. The van der Waals surface area contributed by atoms with Crippen molar-refractivity contribution in [2.45, 2.75) is 6.92 Å². The molecule has 0 radical (unpaired) electrons. The van der Waals surface area contributed by atoms with Crippen molar-refractivity contribution in [3.63, 3.8) is 0 Å². The van der Waals surface area contributed by atoms with Gasteiger partial charge in [-0.05, 0) is 49.0 Å². The van der Waals surface area contributed by atoms with Gasteiger partial charge in [-0.15, -0.1) is 0 Å². The van der Waals surface area contributed by atoms with Crippen molar-refractivity contribution >= 4 is 57.4 Å². The van der Waals surface area contributed by atoms with Crippen LogP contribution in [0.1, 0.15) is 12.5 Å². The highest BCUT2D eigenvalue weighted by Crippen LogP contribution is 2.41. The molecule has 3 aromatic carbocycles. The van der Waals surface area contributed by atoms with Crippen LogP contribution in [-0.4, -0.2) is 29.2 Å². The molecule has 0 spiro atoms. The van der Waals surface area contributed by atoms with E-state index in [0.717, 1.165) is 17.3 Å². The number of ether oxygens (including phenoxy) is 1. The Morgan fingerprint density at radius 2 is 1.60 bits per heavy atom. The average molecular weight is 503 g/mol. The van der Waals surface area contributed by atoms with Crippen molar-refractivity contribution in [1.29, 1.82) is 0 Å². The molecule has 174 valence electrons. The normalized spacial score (nSPS) is 17.5. The van der Waals surface area contributed by atoms with E-state index in [9.17, 15) is 9.59 Å². The summed E-state index contributed by atoms with van der Waals surface area (Å²) in [7, 11) is 0. The van der Waals surface area contributed by atoms with E-state index in [1.165, 1.54) is 5.01 Å². The molecule has 0 saturated heterocycles. The van der Waals surface area contributed by atoms with Crippen LogP contribution in [0.5, 0.6) is 0 Å². The molecule has 3 aromatic rings. The van der Waals surface area contributed by atoms with E-state index >= 15 is 0 Å². The molecule has 0 aromatic heterocycles. The second-order valence-corrected chi connectivity index (χ2v) is 8.88. The lowest BCUT2D eigenvalue weighted by atomic mass is 10.0. The SMILES string of the molecule is CCOC(=O)C1=NN(c2cccc(Cl)c2)C(=C2C(=O)N(c3ccccc3)N=C2c2ccccc2)S1. The van der Waals surface area contributed by atoms with E-state index in [2.05, 4.69) is 5.10 Å². The smallest absolute Gasteiger partial charge is 0.365 e. The first-order valence-corrected chi connectivity index (χ1v) is 12.0. The third-order valence-electron chi connectivity index (χ3n) is 5.18. The number of hydrogen-bond donors (Lipinski definition) is 0. The van der Waals surface area contributed by atoms with Gasteiger partial charge in [0.2, 0.25) is 5.04 Å². The molecule has 2 heterocycles. The Hall–Kier alpha value is -3.88. The molecule has 35 heavy (non-hydrogen) atoms. The second-order valence-electron chi connectivity index (χ2n) is 7.47. The standard InChI is InChI=1S/C26H19ClN4O3S/c1-2-34-26(33)23-29-31(20-15-9-12-18(27)16-20)25(35-23)21-22(17-10-5-3-6-11-17)28-30(24(21)32)19-13-7-4-8-14-19/h3-16H,2H2,1H3. The molecule has 5 rings (SSSR count). The number of anilines is 2. The molecular weight excluding hydrogens is 484 g/mol. The second kappa shape index (κ2) is 9.77. The highest BCUT2D eigenvalue weighted by atomic mass is 35.5. The molecule has 7 nitrogen and oxygen atoms in total. The fourth-order valence-corrected chi connectivity index (χ4v) is 4.80. The Kier molecular flexibility index (Phi) is 6.39. The van der Waals surface area contributed by atoms with Gasteiger partial charge in [0.1, 0.15) is 16.3 Å². The maximum atomic E-state index is 13.8. The molecule has 0 bridgehead atoms. The Balaban J connectivity index is 1.69. The van der Waals surface area contributed by atoms with Crippen molar-refractivity contribution in [3.8, 4) is 0 Å². The highest BCUT2D eigenvalue weighted by molar-refractivity contribution is 8.19. The van der Waals surface area contributed by atoms with Gasteiger partial charge in [-0.3, -0.25) is 4.79 Å². The maximum Gasteiger partial charge on any atom is 0.365 e. The zero-order chi connectivity index (χ0) is 24.4. The van der Waals surface area contributed by atoms with Crippen molar-refractivity contribution < 1.29 is 14.3 Å². The lowest BCUT2D eigenvalue weighted by Crippen LogP contribution is -2.24. The molecule has 0 N–H and O–H groups in total. The number of hydrogen-bond acceptors (Lipinski definition) is 7. The lowest BCUT2D eigenvalue weighted by Gasteiger charge is -2.18. The van der Waals surface area contributed by atoms with Crippen LogP contribution in [0.15, 0.2) is 106 Å². The average Bonchev–Trinajstić information content (AvgIpc) is 3.47. The molecule has 0 saturated carbocycles. The fraction of sp³-hybridized carbons (Fsp3) is 0.0769. The summed E-state index contributed by atoms with van der Waals surface area (Å²) in [6, 6.07) is 25.7. The summed E-state index contributed by atoms with van der Waals surface area (Å²) in [5.74, 6) is -0.895. The molecule has 0 unspecified atom stereocenters. The molecular formula is C26H19ClN4O3S. The van der Waals surface area contributed by atoms with E-state index in [1.54, 1.807) is 36.2 Å². The Morgan fingerprint density at radius 1 is 0.914 bits per heavy atom. The quantitative estimate of drug-likeness (QED) is 0.343. The first-order valence-electron chi connectivity index (χ1n) is 10.8. The van der Waals surface area contributed by atoms with Crippen molar-refractivity contribution in [3.05, 3.63) is 106 Å². The number of carbonyl (C=O) groups is 2. The first-order chi connectivity index (χ1) is 17.1. The highest BCUT2D eigenvalue weighted by Gasteiger charge is 2.40. The van der Waals surface area contributed by atoms with Crippen LogP contribution in [0.3, 0.4) is 0 Å². The van der Waals surface area contributed by atoms with Crippen LogP contribution in [0, 0.1) is 0 Å². The van der Waals surface area contributed by atoms with Crippen LogP contribution in [-0.2, 0) is 14.3 Å². The molecule has 0 aliphatic carbocycles. The molecule has 0 atom stereocenters. The van der Waals surface area contributed by atoms with Gasteiger partial charge in [0, 0.05) is 10.6 Å². The van der Waals surface area contributed by atoms with Gasteiger partial charge >= 0.3 is 5.97 Å². The van der Waals surface area contributed by atoms with Gasteiger partial charge in [-0.25, -0.2) is 9.80 Å². The molecule has 2 aliphatic heterocycles. The number of amides is 1. The van der Waals surface area contributed by atoms with Crippen LogP contribution in [0.2, 0.25) is 5.02 Å². The van der Waals surface area contributed by atoms with Crippen LogP contribution in [0.4, 0.5) is 11.4 Å². The van der Waals surface area contributed by atoms with Crippen LogP contribution in [0.25, 0.3) is 0 Å². The van der Waals surface area contributed by atoms with Gasteiger partial charge < -0.3 is 4.74 Å². The summed E-state index contributed by atoms with van der Waals surface area (Å²) in [4.78, 5) is 26.4. The van der Waals surface area contributed by atoms with Gasteiger partial charge in [0.15, 0.2) is 0 Å². The summed E-state index contributed by atoms with van der Waals surface area (Å²) in [6.45, 7) is 1.93. The number of esters is 1. The molecule has 9 heteroatoms. The van der Waals surface area contributed by atoms with E-state index in [-0.39, 0.29) is 17.6 Å². The number of hydrazone groups is 2. The van der Waals surface area contributed by atoms with Gasteiger partial charge in [-0.1, -0.05) is 66.2 Å². The summed E-state index contributed by atoms with van der Waals surface area (Å²) >= 11 is 7.32. The van der Waals surface area contributed by atoms with Crippen LogP contribution < -0.4 is 10.0 Å². The zero-order valence-corrected chi connectivity index (χ0v) is 20.2. The monoisotopic (exact) mass is 502 g/mol. The summed E-state index contributed by atoms with van der Waals surface area (Å²) in [6.07, 6.45) is 0. The van der Waals surface area contributed by atoms with Crippen LogP contribution >= 0.6 is 23.4 Å². The molecule has 2 aliphatic rings. The Bertz CT molecular complexity index is 1390. The number of halogens is 1. The number of benzene rings is 3. The Morgan fingerprint density at radius 3 is 2.29 bits per heavy atom. The van der Waals surface area contributed by atoms with Crippen molar-refractivity contribution in [1.82, 2.24) is 0 Å². The minimum Gasteiger partial charge on any atom is -0.461 e. The van der Waals surface area contributed by atoms with E-state index in [1.807, 2.05) is 60.7 Å². The number of carbonyl (C=O) groups excluding carboxylic acids is 2. The number of thioether (sulfide) groups is 1.